The van der Waals surface area contributed by atoms with Gasteiger partial charge in [0.25, 0.3) is 0 Å². The van der Waals surface area contributed by atoms with Gasteiger partial charge in [-0.05, 0) is 83.5 Å². The molecule has 0 spiro atoms. The minimum absolute atomic E-state index is 0.0145. The average Bonchev–Trinajstić information content (AvgIpc) is 3.12. The Morgan fingerprint density at radius 1 is 0.875 bits per heavy atom. The molecule has 0 saturated carbocycles. The van der Waals surface area contributed by atoms with Crippen molar-refractivity contribution in [3.63, 3.8) is 0 Å². The smallest absolute Gasteiger partial charge is 0.308 e. The van der Waals surface area contributed by atoms with Crippen LogP contribution in [0.25, 0.3) is 0 Å². The molecule has 1 saturated heterocycles. The van der Waals surface area contributed by atoms with Gasteiger partial charge in [-0.15, -0.1) is 0 Å². The first-order chi connectivity index (χ1) is 18.6. The molecular weight excluding hydrogens is 512 g/mol. The van der Waals surface area contributed by atoms with Crippen molar-refractivity contribution in [1.29, 1.82) is 0 Å². The predicted molar refractivity (Wildman–Crippen MR) is 154 cm³/mol. The molecule has 0 aromatic rings. The number of ketones is 1. The van der Waals surface area contributed by atoms with Crippen molar-refractivity contribution in [2.45, 2.75) is 142 Å². The molecule has 11 atom stereocenters. The quantitative estimate of drug-likeness (QED) is 0.252. The van der Waals surface area contributed by atoms with Crippen molar-refractivity contribution in [1.82, 2.24) is 0 Å². The zero-order valence-corrected chi connectivity index (χ0v) is 25.6. The minimum Gasteiger partial charge on any atom is -0.462 e. The number of aliphatic hydroxyl groups is 4. The van der Waals surface area contributed by atoms with Crippen LogP contribution in [0.3, 0.4) is 0 Å². The fraction of sp³-hybridized carbons (Fsp3) is 0.812. The summed E-state index contributed by atoms with van der Waals surface area (Å²) in [5.74, 6) is -1.28. The van der Waals surface area contributed by atoms with Gasteiger partial charge in [0.05, 0.1) is 42.0 Å². The van der Waals surface area contributed by atoms with E-state index < -0.39 is 47.8 Å². The lowest BCUT2D eigenvalue weighted by molar-refractivity contribution is -0.155. The Balaban J connectivity index is 2.18. The summed E-state index contributed by atoms with van der Waals surface area (Å²) in [6.07, 6.45) is 4.30. The Hall–Kier alpha value is -1.58. The number of hydrogen-bond donors (Lipinski definition) is 4. The van der Waals surface area contributed by atoms with Crippen LogP contribution in [-0.2, 0) is 19.1 Å². The van der Waals surface area contributed by atoms with E-state index in [1.54, 1.807) is 32.9 Å². The molecule has 0 amide bonds. The van der Waals surface area contributed by atoms with Gasteiger partial charge >= 0.3 is 5.97 Å². The number of ether oxygens (including phenoxy) is 2. The standard InChI is InChI=1S/C32H54O8/c1-19-13-20(2)18-32(7)23(5)16-27(40-32)17-28(35)30(37)29(36)22(4)15-24(6)39-31(38)21(3)9-8-10-25(33)11-12-26(34)14-19/h11-12,18-19,21-27,29-30,33-34,36-37H,8-10,13-17H2,1-7H3/b12-11+,20-18+/t19-,21-,22-,23+,24+,25?,26-,27+,29+,30+,32-/m1/s1. The Kier molecular flexibility index (Phi) is 13.5. The van der Waals surface area contributed by atoms with Gasteiger partial charge in [0.2, 0.25) is 0 Å². The number of rotatable bonds is 0. The number of carbonyl (C=O) groups excluding carboxylic acids is 2. The van der Waals surface area contributed by atoms with Crippen LogP contribution in [0.2, 0.25) is 0 Å². The average molecular weight is 567 g/mol. The van der Waals surface area contributed by atoms with Crippen LogP contribution in [-0.4, -0.2) is 74.4 Å². The largest absolute Gasteiger partial charge is 0.462 e. The molecule has 40 heavy (non-hydrogen) atoms. The molecule has 1 fully saturated rings. The SMILES string of the molecule is C/C1=C\[C@@]2(C)O[C@H](CC(=O)[C@H](O)[C@@H](O)[C@H](C)C[C@H](C)OC(=O)[C@H](C)CCCC(O)/C=C/[C@@H](O)C[C@H](C)C1)C[C@@H]2C. The highest BCUT2D eigenvalue weighted by molar-refractivity contribution is 5.84. The van der Waals surface area contributed by atoms with Gasteiger partial charge in [-0.25, -0.2) is 0 Å². The summed E-state index contributed by atoms with van der Waals surface area (Å²) in [4.78, 5) is 25.5. The summed E-state index contributed by atoms with van der Waals surface area (Å²) in [6, 6.07) is 0. The maximum atomic E-state index is 12.9. The third kappa shape index (κ3) is 10.7. The highest BCUT2D eigenvalue weighted by atomic mass is 16.5. The van der Waals surface area contributed by atoms with E-state index >= 15 is 0 Å². The fourth-order valence-electron chi connectivity index (χ4n) is 6.10. The lowest BCUT2D eigenvalue weighted by Gasteiger charge is -2.28. The molecule has 0 aromatic heterocycles. The number of allylic oxidation sites excluding steroid dienone is 1. The third-order valence-electron chi connectivity index (χ3n) is 8.64. The molecule has 2 heterocycles. The number of carbonyl (C=O) groups is 2. The lowest BCUT2D eigenvalue weighted by Crippen LogP contribution is -2.41. The van der Waals surface area contributed by atoms with Crippen LogP contribution >= 0.6 is 0 Å². The molecule has 4 N–H and O–H groups in total. The summed E-state index contributed by atoms with van der Waals surface area (Å²) in [7, 11) is 0. The maximum absolute atomic E-state index is 12.9. The van der Waals surface area contributed by atoms with E-state index in [9.17, 15) is 30.0 Å². The monoisotopic (exact) mass is 566 g/mol. The first-order valence-electron chi connectivity index (χ1n) is 15.1. The number of aliphatic hydroxyl groups excluding tert-OH is 4. The fourth-order valence-corrected chi connectivity index (χ4v) is 6.10. The van der Waals surface area contributed by atoms with Gasteiger partial charge in [0, 0.05) is 6.42 Å². The summed E-state index contributed by atoms with van der Waals surface area (Å²) in [5, 5.41) is 42.2. The predicted octanol–water partition coefficient (Wildman–Crippen LogP) is 4.27. The minimum atomic E-state index is -1.54. The maximum Gasteiger partial charge on any atom is 0.308 e. The van der Waals surface area contributed by atoms with Gasteiger partial charge in [-0.1, -0.05) is 51.5 Å². The molecule has 0 aliphatic carbocycles. The second kappa shape index (κ2) is 15.6. The topological polar surface area (TPSA) is 134 Å². The molecule has 8 heteroatoms. The normalized spacial score (nSPS) is 44.5. The molecule has 1 unspecified atom stereocenters. The number of Topliss-reactive ketones (excluding diaryl/α,β-unsaturated/α-hetero) is 1. The second-order valence-electron chi connectivity index (χ2n) is 13.0. The van der Waals surface area contributed by atoms with E-state index in [1.807, 2.05) is 13.8 Å². The van der Waals surface area contributed by atoms with Gasteiger partial charge in [-0.2, -0.15) is 0 Å². The van der Waals surface area contributed by atoms with E-state index in [0.29, 0.717) is 38.5 Å². The molecule has 2 bridgehead atoms. The Bertz CT molecular complexity index is 884. The summed E-state index contributed by atoms with van der Waals surface area (Å²) in [5.41, 5.74) is 0.580. The van der Waals surface area contributed by atoms with Crippen LogP contribution < -0.4 is 0 Å². The van der Waals surface area contributed by atoms with E-state index in [1.165, 1.54) is 0 Å². The van der Waals surface area contributed by atoms with Crippen molar-refractivity contribution in [2.75, 3.05) is 0 Å². The first-order valence-corrected chi connectivity index (χ1v) is 15.1. The van der Waals surface area contributed by atoms with Gasteiger partial charge in [0.1, 0.15) is 6.10 Å². The van der Waals surface area contributed by atoms with Crippen LogP contribution in [0.4, 0.5) is 0 Å². The highest BCUT2D eigenvalue weighted by Gasteiger charge is 2.43. The molecule has 2 rings (SSSR count). The van der Waals surface area contributed by atoms with Crippen molar-refractivity contribution in [3.05, 3.63) is 23.8 Å². The van der Waals surface area contributed by atoms with E-state index in [0.717, 1.165) is 12.0 Å². The third-order valence-corrected chi connectivity index (χ3v) is 8.64. The number of esters is 1. The van der Waals surface area contributed by atoms with Gasteiger partial charge in [-0.3, -0.25) is 9.59 Å². The lowest BCUT2D eigenvalue weighted by atomic mass is 9.85. The first kappa shape index (κ1) is 34.6. The van der Waals surface area contributed by atoms with E-state index in [2.05, 4.69) is 19.9 Å². The van der Waals surface area contributed by atoms with Crippen molar-refractivity contribution >= 4 is 11.8 Å². The van der Waals surface area contributed by atoms with Crippen LogP contribution in [0.15, 0.2) is 23.8 Å². The zero-order chi connectivity index (χ0) is 30.2. The number of cyclic esters (lactones) is 1. The Labute approximate surface area is 240 Å². The van der Waals surface area contributed by atoms with Crippen molar-refractivity contribution < 1.29 is 39.5 Å². The summed E-state index contributed by atoms with van der Waals surface area (Å²) >= 11 is 0. The van der Waals surface area contributed by atoms with Gasteiger partial charge in [0.15, 0.2) is 5.78 Å². The highest BCUT2D eigenvalue weighted by Crippen LogP contribution is 2.39. The van der Waals surface area contributed by atoms with Crippen molar-refractivity contribution in [3.8, 4) is 0 Å². The zero-order valence-electron chi connectivity index (χ0n) is 25.6. The second-order valence-corrected chi connectivity index (χ2v) is 13.0. The molecule has 0 radical (unpaired) electrons. The Morgan fingerprint density at radius 3 is 2.20 bits per heavy atom. The number of hydrogen-bond acceptors (Lipinski definition) is 8. The number of fused-ring (bicyclic) bond motifs is 2. The van der Waals surface area contributed by atoms with Gasteiger partial charge < -0.3 is 29.9 Å². The summed E-state index contributed by atoms with van der Waals surface area (Å²) in [6.45, 7) is 13.5. The van der Waals surface area contributed by atoms with Crippen LogP contribution in [0.5, 0.6) is 0 Å². The van der Waals surface area contributed by atoms with Crippen LogP contribution in [0.1, 0.15) is 99.8 Å². The molecular formula is C32H54O8. The molecule has 2 aliphatic heterocycles. The molecule has 0 aromatic carbocycles. The van der Waals surface area contributed by atoms with Crippen LogP contribution in [0, 0.1) is 23.7 Å². The summed E-state index contributed by atoms with van der Waals surface area (Å²) < 4.78 is 11.9. The van der Waals surface area contributed by atoms with E-state index in [-0.39, 0.29) is 36.2 Å². The van der Waals surface area contributed by atoms with E-state index in [4.69, 9.17) is 9.47 Å². The molecule has 230 valence electrons. The molecule has 2 aliphatic rings. The van der Waals surface area contributed by atoms with Crippen molar-refractivity contribution in [2.24, 2.45) is 23.7 Å². The molecule has 8 nitrogen and oxygen atoms in total. The Morgan fingerprint density at radius 2 is 1.52 bits per heavy atom.